The number of nitrogens with zero attached hydrogens (tertiary/aromatic N) is 2. The van der Waals surface area contributed by atoms with E-state index >= 15 is 0 Å². The molecule has 4 rings (SSSR count). The number of morpholine rings is 1. The maximum absolute atomic E-state index is 12.6. The Morgan fingerprint density at radius 3 is 2.85 bits per heavy atom. The predicted octanol–water partition coefficient (Wildman–Crippen LogP) is 1.27. The largest absolute Gasteiger partial charge is 0.379 e. The maximum Gasteiger partial charge on any atom is 0.261 e. The Balaban J connectivity index is 1.40. The van der Waals surface area contributed by atoms with Gasteiger partial charge in [0, 0.05) is 25.2 Å². The fourth-order valence-corrected chi connectivity index (χ4v) is 4.30. The molecule has 142 valence electrons. The lowest BCUT2D eigenvalue weighted by atomic mass is 9.93. The quantitative estimate of drug-likeness (QED) is 0.656. The van der Waals surface area contributed by atoms with Gasteiger partial charge in [-0.1, -0.05) is 5.16 Å². The molecular weight excluding hydrogens is 370 g/mol. The summed E-state index contributed by atoms with van der Waals surface area (Å²) < 4.78 is 10.3. The molecule has 2 aromatic heterocycles. The van der Waals surface area contributed by atoms with Crippen LogP contribution in [-0.2, 0) is 4.74 Å². The molecule has 8 nitrogen and oxygen atoms in total. The van der Waals surface area contributed by atoms with E-state index in [2.05, 4.69) is 15.4 Å². The molecule has 0 atom stereocenters. The zero-order chi connectivity index (χ0) is 19.0. The van der Waals surface area contributed by atoms with E-state index in [1.165, 1.54) is 6.07 Å². The lowest BCUT2D eigenvalue weighted by molar-refractivity contribution is 0.0374. The number of thiophene rings is 1. The summed E-state index contributed by atoms with van der Waals surface area (Å²) in [6, 6.07) is 1.47. The third-order valence-corrected chi connectivity index (χ3v) is 5.88. The van der Waals surface area contributed by atoms with Crippen molar-refractivity contribution >= 4 is 28.8 Å². The summed E-state index contributed by atoms with van der Waals surface area (Å²) in [4.78, 5) is 40.5. The third kappa shape index (κ3) is 3.33. The van der Waals surface area contributed by atoms with Crippen molar-refractivity contribution in [2.75, 3.05) is 39.4 Å². The number of aromatic nitrogens is 1. The number of fused-ring (bicyclic) bond motifs is 2. The number of nitrogens with one attached hydrogen (secondary N) is 1. The third-order valence-electron chi connectivity index (χ3n) is 4.74. The maximum atomic E-state index is 12.6. The van der Waals surface area contributed by atoms with Gasteiger partial charge in [-0.25, -0.2) is 0 Å². The number of aryl methyl sites for hydroxylation is 1. The Morgan fingerprint density at radius 1 is 1.30 bits per heavy atom. The van der Waals surface area contributed by atoms with Crippen LogP contribution in [0, 0.1) is 6.92 Å². The number of ether oxygens (including phenoxy) is 1. The van der Waals surface area contributed by atoms with Gasteiger partial charge in [-0.15, -0.1) is 11.3 Å². The van der Waals surface area contributed by atoms with Crippen LogP contribution in [0.1, 0.15) is 53.1 Å². The standard InChI is InChI=1S/C18H19N3O5S/c1-10-13-15(23)17-11(14(22)16(13)26-20-10)9-12(27-17)18(24)19-3-2-4-21-5-7-25-8-6-21/h9H,2-8H2,1H3,(H,19,24). The molecule has 9 heteroatoms. The first-order chi connectivity index (χ1) is 13.1. The highest BCUT2D eigenvalue weighted by Crippen LogP contribution is 2.34. The Morgan fingerprint density at radius 2 is 2.07 bits per heavy atom. The highest BCUT2D eigenvalue weighted by molar-refractivity contribution is 7.16. The van der Waals surface area contributed by atoms with Crippen molar-refractivity contribution in [3.63, 3.8) is 0 Å². The minimum atomic E-state index is -0.400. The van der Waals surface area contributed by atoms with Crippen LogP contribution in [0.3, 0.4) is 0 Å². The molecule has 0 radical (unpaired) electrons. The number of rotatable bonds is 5. The van der Waals surface area contributed by atoms with Gasteiger partial charge in [-0.05, 0) is 26.0 Å². The summed E-state index contributed by atoms with van der Waals surface area (Å²) in [6.07, 6.45) is 0.827. The van der Waals surface area contributed by atoms with Crippen LogP contribution in [0.25, 0.3) is 0 Å². The Kier molecular flexibility index (Phi) is 4.90. The fourth-order valence-electron chi connectivity index (χ4n) is 3.28. The summed E-state index contributed by atoms with van der Waals surface area (Å²) >= 11 is 1.04. The zero-order valence-corrected chi connectivity index (χ0v) is 15.7. The van der Waals surface area contributed by atoms with E-state index in [1.54, 1.807) is 6.92 Å². The number of ketones is 2. The highest BCUT2D eigenvalue weighted by atomic mass is 32.1. The smallest absolute Gasteiger partial charge is 0.261 e. The van der Waals surface area contributed by atoms with Gasteiger partial charge in [0.1, 0.15) is 0 Å². The number of carbonyl (C=O) groups is 3. The number of hydrogen-bond acceptors (Lipinski definition) is 8. The van der Waals surface area contributed by atoms with Crippen molar-refractivity contribution < 1.29 is 23.6 Å². The van der Waals surface area contributed by atoms with E-state index in [9.17, 15) is 14.4 Å². The average molecular weight is 389 g/mol. The zero-order valence-electron chi connectivity index (χ0n) is 14.9. The Hall–Kier alpha value is -2.36. The molecule has 1 fully saturated rings. The van der Waals surface area contributed by atoms with Crippen molar-refractivity contribution in [1.29, 1.82) is 0 Å². The molecule has 1 aliphatic heterocycles. The van der Waals surface area contributed by atoms with E-state index < -0.39 is 5.78 Å². The van der Waals surface area contributed by atoms with Gasteiger partial charge < -0.3 is 14.6 Å². The molecule has 27 heavy (non-hydrogen) atoms. The van der Waals surface area contributed by atoms with Crippen molar-refractivity contribution in [2.45, 2.75) is 13.3 Å². The molecule has 0 spiro atoms. The lowest BCUT2D eigenvalue weighted by Gasteiger charge is -2.26. The molecule has 1 N–H and O–H groups in total. The summed E-state index contributed by atoms with van der Waals surface area (Å²) in [7, 11) is 0. The van der Waals surface area contributed by atoms with Gasteiger partial charge in [0.15, 0.2) is 0 Å². The molecule has 1 saturated heterocycles. The number of hydrogen-bond donors (Lipinski definition) is 1. The summed E-state index contributed by atoms with van der Waals surface area (Å²) in [5.41, 5.74) is 0.801. The molecule has 1 amide bonds. The molecule has 0 unspecified atom stereocenters. The number of amides is 1. The first kappa shape index (κ1) is 18.0. The SMILES string of the molecule is Cc1noc2c1C(=O)c1sc(C(=O)NCCCN3CCOCC3)cc1C2=O. The Labute approximate surface area is 159 Å². The second kappa shape index (κ2) is 7.34. The summed E-state index contributed by atoms with van der Waals surface area (Å²) in [5, 5.41) is 6.56. The van der Waals surface area contributed by atoms with Gasteiger partial charge in [0.2, 0.25) is 17.3 Å². The van der Waals surface area contributed by atoms with Gasteiger partial charge >= 0.3 is 0 Å². The molecule has 3 heterocycles. The predicted molar refractivity (Wildman–Crippen MR) is 96.6 cm³/mol. The second-order valence-electron chi connectivity index (χ2n) is 6.55. The van der Waals surface area contributed by atoms with Crippen LogP contribution in [0.5, 0.6) is 0 Å². The second-order valence-corrected chi connectivity index (χ2v) is 7.60. The van der Waals surface area contributed by atoms with Crippen LogP contribution in [-0.4, -0.2) is 66.9 Å². The van der Waals surface area contributed by atoms with Crippen molar-refractivity contribution in [1.82, 2.24) is 15.4 Å². The average Bonchev–Trinajstić information content (AvgIpc) is 3.29. The van der Waals surface area contributed by atoms with Crippen LogP contribution in [0.15, 0.2) is 10.6 Å². The van der Waals surface area contributed by atoms with Crippen molar-refractivity contribution in [2.24, 2.45) is 0 Å². The van der Waals surface area contributed by atoms with Crippen molar-refractivity contribution in [3.05, 3.63) is 38.4 Å². The minimum absolute atomic E-state index is 0.0414. The molecule has 0 bridgehead atoms. The van der Waals surface area contributed by atoms with E-state index in [-0.39, 0.29) is 33.5 Å². The van der Waals surface area contributed by atoms with E-state index in [0.29, 0.717) is 17.1 Å². The number of carbonyl (C=O) groups excluding carboxylic acids is 3. The van der Waals surface area contributed by atoms with Gasteiger partial charge in [0.05, 0.1) is 34.2 Å². The van der Waals surface area contributed by atoms with Crippen molar-refractivity contribution in [3.8, 4) is 0 Å². The lowest BCUT2D eigenvalue weighted by Crippen LogP contribution is -2.38. The fraction of sp³-hybridized carbons (Fsp3) is 0.444. The van der Waals surface area contributed by atoms with E-state index in [1.807, 2.05) is 0 Å². The monoisotopic (exact) mass is 389 g/mol. The van der Waals surface area contributed by atoms with Crippen LogP contribution < -0.4 is 5.32 Å². The summed E-state index contributed by atoms with van der Waals surface area (Å²) in [6.45, 7) is 6.38. The van der Waals surface area contributed by atoms with Gasteiger partial charge in [-0.3, -0.25) is 19.3 Å². The first-order valence-corrected chi connectivity index (χ1v) is 9.65. The van der Waals surface area contributed by atoms with Crippen LogP contribution in [0.4, 0.5) is 0 Å². The molecule has 1 aliphatic carbocycles. The van der Waals surface area contributed by atoms with Gasteiger partial charge in [-0.2, -0.15) is 0 Å². The molecular formula is C18H19N3O5S. The first-order valence-electron chi connectivity index (χ1n) is 8.84. The Bertz CT molecular complexity index is 910. The minimum Gasteiger partial charge on any atom is -0.379 e. The topological polar surface area (TPSA) is 102 Å². The van der Waals surface area contributed by atoms with Crippen LogP contribution in [0.2, 0.25) is 0 Å². The summed E-state index contributed by atoms with van der Waals surface area (Å²) in [5.74, 6) is -1.03. The van der Waals surface area contributed by atoms with E-state index in [0.717, 1.165) is 50.6 Å². The molecule has 0 aromatic carbocycles. The van der Waals surface area contributed by atoms with E-state index in [4.69, 9.17) is 9.26 Å². The molecule has 2 aromatic rings. The highest BCUT2D eigenvalue weighted by Gasteiger charge is 2.38. The van der Waals surface area contributed by atoms with Gasteiger partial charge in [0.25, 0.3) is 5.91 Å². The molecule has 2 aliphatic rings. The normalized spacial score (nSPS) is 16.9. The van der Waals surface area contributed by atoms with Crippen LogP contribution >= 0.6 is 11.3 Å². The molecule has 0 saturated carbocycles.